The molecule has 3 aromatic heterocycles. The van der Waals surface area contributed by atoms with E-state index in [0.717, 1.165) is 0 Å². The smallest absolute Gasteiger partial charge is 0.259 e. The summed E-state index contributed by atoms with van der Waals surface area (Å²) in [4.78, 5) is 47.6. The molecule has 1 aliphatic rings. The number of imidazole rings is 1. The van der Waals surface area contributed by atoms with Crippen molar-refractivity contribution in [2.75, 3.05) is 20.1 Å². The molecule has 37 heavy (non-hydrogen) atoms. The number of carbonyl (C=O) groups excluding carboxylic acids is 3. The van der Waals surface area contributed by atoms with Crippen LogP contribution in [-0.2, 0) is 23.2 Å². The molecular formula is C25H37N9O3. The summed E-state index contributed by atoms with van der Waals surface area (Å²) >= 11 is 0. The van der Waals surface area contributed by atoms with E-state index in [4.69, 9.17) is 0 Å². The first-order chi connectivity index (χ1) is 17.6. The Morgan fingerprint density at radius 3 is 2.65 bits per heavy atom. The zero-order valence-corrected chi connectivity index (χ0v) is 22.5. The van der Waals surface area contributed by atoms with Gasteiger partial charge in [0.25, 0.3) is 5.91 Å². The molecule has 0 spiro atoms. The molecule has 0 aromatic carbocycles. The Bertz CT molecular complexity index is 1290. The molecular weight excluding hydrogens is 474 g/mol. The summed E-state index contributed by atoms with van der Waals surface area (Å²) in [5, 5.41) is 12.0. The van der Waals surface area contributed by atoms with Gasteiger partial charge in [0.15, 0.2) is 0 Å². The Morgan fingerprint density at radius 2 is 1.92 bits per heavy atom. The Hall–Kier alpha value is -3.70. The number of hydrogen-bond acceptors (Lipinski definition) is 6. The molecule has 0 saturated heterocycles. The van der Waals surface area contributed by atoms with E-state index >= 15 is 0 Å². The van der Waals surface area contributed by atoms with Crippen molar-refractivity contribution in [1.82, 2.24) is 44.1 Å². The van der Waals surface area contributed by atoms with Crippen LogP contribution in [0.15, 0.2) is 18.6 Å². The molecule has 12 nitrogen and oxygen atoms in total. The Labute approximate surface area is 216 Å². The fourth-order valence-electron chi connectivity index (χ4n) is 4.78. The fourth-order valence-corrected chi connectivity index (χ4v) is 4.78. The maximum Gasteiger partial charge on any atom is 0.259 e. The van der Waals surface area contributed by atoms with Crippen molar-refractivity contribution >= 4 is 23.4 Å². The van der Waals surface area contributed by atoms with E-state index < -0.39 is 6.04 Å². The molecule has 2 atom stereocenters. The lowest BCUT2D eigenvalue weighted by Crippen LogP contribution is -2.47. The molecule has 0 saturated carbocycles. The summed E-state index contributed by atoms with van der Waals surface area (Å²) in [5.74, 6) is 1.03. The van der Waals surface area contributed by atoms with Crippen LogP contribution in [0, 0.1) is 12.8 Å². The van der Waals surface area contributed by atoms with Crippen LogP contribution in [0.2, 0.25) is 0 Å². The number of carbonyl (C=O) groups is 3. The second kappa shape index (κ2) is 10.7. The maximum absolute atomic E-state index is 13.7. The minimum Gasteiger partial charge on any atom is -0.344 e. The van der Waals surface area contributed by atoms with E-state index in [1.54, 1.807) is 40.5 Å². The van der Waals surface area contributed by atoms with Crippen LogP contribution >= 0.6 is 0 Å². The quantitative estimate of drug-likeness (QED) is 0.569. The maximum atomic E-state index is 13.7. The molecule has 3 amide bonds. The minimum absolute atomic E-state index is 0.137. The van der Waals surface area contributed by atoms with Crippen molar-refractivity contribution < 1.29 is 14.4 Å². The number of rotatable bonds is 3. The van der Waals surface area contributed by atoms with Crippen molar-refractivity contribution in [2.24, 2.45) is 13.0 Å². The molecule has 0 aliphatic carbocycles. The first-order valence-electron chi connectivity index (χ1n) is 12.8. The average Bonchev–Trinajstić information content (AvgIpc) is 3.54. The molecule has 3 aromatic rings. The van der Waals surface area contributed by atoms with E-state index in [9.17, 15) is 14.4 Å². The monoisotopic (exact) mass is 511 g/mol. The normalized spacial score (nSPS) is 20.3. The number of nitrogens with zero attached hydrogens (tertiary/aromatic N) is 8. The van der Waals surface area contributed by atoms with Gasteiger partial charge in [0.2, 0.25) is 11.8 Å². The topological polar surface area (TPSA) is 123 Å². The van der Waals surface area contributed by atoms with E-state index in [1.165, 1.54) is 4.90 Å². The van der Waals surface area contributed by atoms with Crippen LogP contribution in [0.5, 0.6) is 0 Å². The van der Waals surface area contributed by atoms with Crippen molar-refractivity contribution in [2.45, 2.75) is 65.6 Å². The second-order valence-corrected chi connectivity index (χ2v) is 10.2. The first-order valence-corrected chi connectivity index (χ1v) is 12.8. The number of nitrogens with one attached hydrogen (secondary N) is 1. The van der Waals surface area contributed by atoms with Gasteiger partial charge in [-0.05, 0) is 32.6 Å². The summed E-state index contributed by atoms with van der Waals surface area (Å²) in [7, 11) is 3.52. The van der Waals surface area contributed by atoms with Gasteiger partial charge < -0.3 is 19.7 Å². The lowest BCUT2D eigenvalue weighted by molar-refractivity contribution is -0.138. The molecule has 12 heteroatoms. The molecule has 0 bridgehead atoms. The van der Waals surface area contributed by atoms with Crippen molar-refractivity contribution in [3.05, 3.63) is 35.8 Å². The van der Waals surface area contributed by atoms with Crippen molar-refractivity contribution in [3.63, 3.8) is 0 Å². The van der Waals surface area contributed by atoms with Crippen LogP contribution in [-0.4, -0.2) is 82.6 Å². The molecule has 0 fully saturated rings. The summed E-state index contributed by atoms with van der Waals surface area (Å²) in [5.41, 5.74) is 1.22. The number of likely N-dealkylation sites (N-methyl/N-ethyl adjacent to an activating group) is 1. The molecule has 4 rings (SSSR count). The zero-order chi connectivity index (χ0) is 26.9. The van der Waals surface area contributed by atoms with Crippen LogP contribution in [0.1, 0.15) is 68.1 Å². The third kappa shape index (κ3) is 5.52. The SMILES string of the molecule is Cc1nc2n(n1)CCN(C(=O)c1cnn3ccn(C)c13)CCCC(=O)N(C)[C@@H](C)C(=O)NC2CC(C)C. The fraction of sp³-hybridized carbons (Fsp3) is 0.600. The zero-order valence-electron chi connectivity index (χ0n) is 22.5. The predicted molar refractivity (Wildman–Crippen MR) is 137 cm³/mol. The Balaban J connectivity index is 1.69. The first kappa shape index (κ1) is 26.4. The highest BCUT2D eigenvalue weighted by molar-refractivity contribution is 5.99. The molecule has 1 aliphatic heterocycles. The van der Waals surface area contributed by atoms with Gasteiger partial charge in [-0.25, -0.2) is 14.2 Å². The molecule has 1 unspecified atom stereocenters. The Kier molecular flexibility index (Phi) is 7.65. The highest BCUT2D eigenvalue weighted by Gasteiger charge is 2.29. The van der Waals surface area contributed by atoms with Crippen LogP contribution in [0.4, 0.5) is 0 Å². The largest absolute Gasteiger partial charge is 0.344 e. The van der Waals surface area contributed by atoms with Crippen LogP contribution < -0.4 is 5.32 Å². The van der Waals surface area contributed by atoms with Gasteiger partial charge in [-0.1, -0.05) is 13.8 Å². The van der Waals surface area contributed by atoms with E-state index in [1.807, 2.05) is 24.7 Å². The second-order valence-electron chi connectivity index (χ2n) is 10.2. The summed E-state index contributed by atoms with van der Waals surface area (Å²) < 4.78 is 5.34. The highest BCUT2D eigenvalue weighted by Crippen LogP contribution is 2.22. The number of amides is 3. The molecule has 1 N–H and O–H groups in total. The summed E-state index contributed by atoms with van der Waals surface area (Å²) in [6, 6.07) is -1.01. The highest BCUT2D eigenvalue weighted by atomic mass is 16.2. The van der Waals surface area contributed by atoms with E-state index in [2.05, 4.69) is 34.3 Å². The summed E-state index contributed by atoms with van der Waals surface area (Å²) in [6.45, 7) is 8.88. The predicted octanol–water partition coefficient (Wildman–Crippen LogP) is 1.56. The Morgan fingerprint density at radius 1 is 1.16 bits per heavy atom. The van der Waals surface area contributed by atoms with E-state index in [0.29, 0.717) is 55.3 Å². The molecule has 4 heterocycles. The van der Waals surface area contributed by atoms with Gasteiger partial charge in [0.05, 0.1) is 18.8 Å². The third-order valence-electron chi connectivity index (χ3n) is 6.95. The molecule has 200 valence electrons. The van der Waals surface area contributed by atoms with Crippen molar-refractivity contribution in [3.8, 4) is 0 Å². The van der Waals surface area contributed by atoms with Gasteiger partial charge in [0, 0.05) is 46.0 Å². The number of fused-ring (bicyclic) bond motifs is 2. The van der Waals surface area contributed by atoms with Gasteiger partial charge in [-0.3, -0.25) is 14.4 Å². The number of aromatic nitrogens is 6. The third-order valence-corrected chi connectivity index (χ3v) is 6.95. The van der Waals surface area contributed by atoms with Crippen LogP contribution in [0.3, 0.4) is 0 Å². The minimum atomic E-state index is -0.640. The molecule has 0 radical (unpaired) electrons. The van der Waals surface area contributed by atoms with Gasteiger partial charge in [-0.15, -0.1) is 0 Å². The van der Waals surface area contributed by atoms with Gasteiger partial charge >= 0.3 is 0 Å². The van der Waals surface area contributed by atoms with Crippen molar-refractivity contribution in [1.29, 1.82) is 0 Å². The van der Waals surface area contributed by atoms with Crippen LogP contribution in [0.25, 0.3) is 5.65 Å². The lowest BCUT2D eigenvalue weighted by Gasteiger charge is -2.29. The standard InChI is InChI=1S/C25H37N9O3/c1-16(2)14-20-22-27-18(4)29-33(22)13-11-32(9-7-8-21(35)31(6)17(3)23(36)28-20)25(37)19-15-26-34-12-10-30(5)24(19)34/h10,12,15-17,20H,7-9,11,13-14H2,1-6H3,(H,28,36)/t17-,20?/m0/s1. The number of hydrogen-bond donors (Lipinski definition) is 1. The van der Waals surface area contributed by atoms with Gasteiger partial charge in [0.1, 0.15) is 28.9 Å². The number of aryl methyl sites for hydroxylation is 2. The average molecular weight is 512 g/mol. The van der Waals surface area contributed by atoms with E-state index in [-0.39, 0.29) is 36.1 Å². The van der Waals surface area contributed by atoms with Gasteiger partial charge in [-0.2, -0.15) is 10.2 Å². The summed E-state index contributed by atoms with van der Waals surface area (Å²) in [6.07, 6.45) is 6.61. The lowest BCUT2D eigenvalue weighted by atomic mass is 10.0.